The largest absolute Gasteiger partial charge is 0.314 e. The van der Waals surface area contributed by atoms with E-state index in [-0.39, 0.29) is 5.56 Å². The highest BCUT2D eigenvalue weighted by molar-refractivity contribution is 5.17. The Kier molecular flexibility index (Phi) is 3.10. The first-order valence-electron chi connectivity index (χ1n) is 3.61. The van der Waals surface area contributed by atoms with E-state index in [1.807, 2.05) is 0 Å². The van der Waals surface area contributed by atoms with Crippen LogP contribution >= 0.6 is 0 Å². The van der Waals surface area contributed by atoms with Crippen molar-refractivity contribution in [2.24, 2.45) is 0 Å². The van der Waals surface area contributed by atoms with E-state index in [0.717, 1.165) is 0 Å². The summed E-state index contributed by atoms with van der Waals surface area (Å²) in [7, 11) is 1.75. The summed E-state index contributed by atoms with van der Waals surface area (Å²) in [4.78, 5) is 3.92. The molecule has 0 aromatic carbocycles. The maximum atomic E-state index is 12.1. The molecule has 0 bridgehead atoms. The molecular weight excluding hydrogens is 162 g/mol. The highest BCUT2D eigenvalue weighted by Gasteiger charge is 2.06. The molecule has 1 aromatic rings. The molecule has 0 spiro atoms. The minimum atomic E-state index is -2.41. The summed E-state index contributed by atoms with van der Waals surface area (Å²) in [5.74, 6) is 0. The molecule has 0 aliphatic rings. The Hall–Kier alpha value is -1.03. The van der Waals surface area contributed by atoms with E-state index in [1.165, 1.54) is 18.3 Å². The number of rotatable bonds is 3. The van der Waals surface area contributed by atoms with Crippen LogP contribution in [-0.4, -0.2) is 12.0 Å². The molecule has 1 heterocycles. The van der Waals surface area contributed by atoms with E-state index >= 15 is 0 Å². The normalized spacial score (nSPS) is 10.7. The first-order valence-corrected chi connectivity index (χ1v) is 3.61. The van der Waals surface area contributed by atoms with Gasteiger partial charge in [-0.1, -0.05) is 0 Å². The molecule has 0 aliphatic carbocycles. The van der Waals surface area contributed by atoms with Crippen LogP contribution in [0.25, 0.3) is 0 Å². The van der Waals surface area contributed by atoms with Gasteiger partial charge in [0.2, 0.25) is 0 Å². The summed E-state index contributed by atoms with van der Waals surface area (Å²) in [5, 5.41) is 2.84. The van der Waals surface area contributed by atoms with E-state index in [0.29, 0.717) is 12.2 Å². The van der Waals surface area contributed by atoms with Crippen LogP contribution in [0.1, 0.15) is 17.7 Å². The molecule has 1 rings (SSSR count). The van der Waals surface area contributed by atoms with E-state index in [2.05, 4.69) is 10.3 Å². The average Bonchev–Trinajstić information content (AvgIpc) is 2.05. The number of aromatic nitrogens is 1. The van der Waals surface area contributed by atoms with Crippen LogP contribution in [0.3, 0.4) is 0 Å². The number of alkyl halides is 2. The van der Waals surface area contributed by atoms with Crippen molar-refractivity contribution in [3.63, 3.8) is 0 Å². The topological polar surface area (TPSA) is 24.9 Å². The second kappa shape index (κ2) is 4.11. The van der Waals surface area contributed by atoms with Gasteiger partial charge >= 0.3 is 0 Å². The third-order valence-electron chi connectivity index (χ3n) is 1.45. The van der Waals surface area contributed by atoms with E-state index in [1.54, 1.807) is 7.05 Å². The van der Waals surface area contributed by atoms with Gasteiger partial charge in [-0.2, -0.15) is 0 Å². The molecule has 0 unspecified atom stereocenters. The Labute approximate surface area is 69.6 Å². The van der Waals surface area contributed by atoms with Gasteiger partial charge in [0.1, 0.15) is 0 Å². The molecule has 1 N–H and O–H groups in total. The molecule has 0 radical (unpaired) electrons. The van der Waals surface area contributed by atoms with Gasteiger partial charge in [0, 0.05) is 18.3 Å². The maximum absolute atomic E-state index is 12.1. The Morgan fingerprint density at radius 2 is 2.33 bits per heavy atom. The summed E-state index contributed by atoms with van der Waals surface area (Å²) in [5.41, 5.74) is 0.658. The monoisotopic (exact) mass is 172 g/mol. The van der Waals surface area contributed by atoms with Crippen molar-refractivity contribution >= 4 is 0 Å². The van der Waals surface area contributed by atoms with Gasteiger partial charge in [0.05, 0.1) is 5.69 Å². The molecule has 0 saturated carbocycles. The maximum Gasteiger partial charge on any atom is 0.263 e. The molecule has 4 heteroatoms. The number of nitrogens with zero attached hydrogens (tertiary/aromatic N) is 1. The molecule has 0 saturated heterocycles. The Morgan fingerprint density at radius 3 is 2.92 bits per heavy atom. The third-order valence-corrected chi connectivity index (χ3v) is 1.45. The molecule has 12 heavy (non-hydrogen) atoms. The molecule has 0 aliphatic heterocycles. The van der Waals surface area contributed by atoms with Crippen LogP contribution in [0, 0.1) is 0 Å². The van der Waals surface area contributed by atoms with Gasteiger partial charge in [0.15, 0.2) is 0 Å². The van der Waals surface area contributed by atoms with Crippen molar-refractivity contribution in [2.75, 3.05) is 7.05 Å². The van der Waals surface area contributed by atoms with Crippen molar-refractivity contribution in [3.8, 4) is 0 Å². The first kappa shape index (κ1) is 9.06. The Balaban J connectivity index is 2.81. The van der Waals surface area contributed by atoms with Gasteiger partial charge in [0.25, 0.3) is 6.43 Å². The first-order chi connectivity index (χ1) is 5.74. The summed E-state index contributed by atoms with van der Waals surface area (Å²) < 4.78 is 24.3. The zero-order chi connectivity index (χ0) is 8.97. The molecule has 0 amide bonds. The summed E-state index contributed by atoms with van der Waals surface area (Å²) in [6, 6.07) is 2.73. The zero-order valence-electron chi connectivity index (χ0n) is 6.72. The van der Waals surface area contributed by atoms with Gasteiger partial charge in [-0.25, -0.2) is 8.78 Å². The van der Waals surface area contributed by atoms with Crippen molar-refractivity contribution in [1.29, 1.82) is 0 Å². The summed E-state index contributed by atoms with van der Waals surface area (Å²) in [6.45, 7) is 0.514. The predicted molar refractivity (Wildman–Crippen MR) is 42.0 cm³/mol. The van der Waals surface area contributed by atoms with Crippen molar-refractivity contribution in [1.82, 2.24) is 10.3 Å². The number of nitrogens with one attached hydrogen (secondary N) is 1. The van der Waals surface area contributed by atoms with E-state index in [4.69, 9.17) is 0 Å². The Bertz CT molecular complexity index is 251. The lowest BCUT2D eigenvalue weighted by molar-refractivity contribution is 0.151. The minimum absolute atomic E-state index is 0.0234. The van der Waals surface area contributed by atoms with Crippen LogP contribution < -0.4 is 5.32 Å². The second-order valence-electron chi connectivity index (χ2n) is 2.41. The highest BCUT2D eigenvalue weighted by Crippen LogP contribution is 2.17. The van der Waals surface area contributed by atoms with Crippen LogP contribution in [0.5, 0.6) is 0 Å². The van der Waals surface area contributed by atoms with E-state index in [9.17, 15) is 8.78 Å². The number of hydrogen-bond acceptors (Lipinski definition) is 2. The van der Waals surface area contributed by atoms with Crippen LogP contribution in [0.2, 0.25) is 0 Å². The SMILES string of the molecule is CNCc1cc(C(F)F)ccn1. The molecule has 0 fully saturated rings. The van der Waals surface area contributed by atoms with Gasteiger partial charge in [-0.15, -0.1) is 0 Å². The fourth-order valence-electron chi connectivity index (χ4n) is 0.910. The van der Waals surface area contributed by atoms with Gasteiger partial charge in [-0.3, -0.25) is 4.98 Å². The Morgan fingerprint density at radius 1 is 1.58 bits per heavy atom. The lowest BCUT2D eigenvalue weighted by atomic mass is 10.2. The molecule has 1 aromatic heterocycles. The predicted octanol–water partition coefficient (Wildman–Crippen LogP) is 1.74. The zero-order valence-corrected chi connectivity index (χ0v) is 6.72. The highest BCUT2D eigenvalue weighted by atomic mass is 19.3. The van der Waals surface area contributed by atoms with Crippen molar-refractivity contribution in [2.45, 2.75) is 13.0 Å². The fraction of sp³-hybridized carbons (Fsp3) is 0.375. The van der Waals surface area contributed by atoms with E-state index < -0.39 is 6.43 Å². The number of halogens is 2. The average molecular weight is 172 g/mol. The van der Waals surface area contributed by atoms with Gasteiger partial charge < -0.3 is 5.32 Å². The van der Waals surface area contributed by atoms with Crippen molar-refractivity contribution < 1.29 is 8.78 Å². The van der Waals surface area contributed by atoms with Gasteiger partial charge in [-0.05, 0) is 19.2 Å². The summed E-state index contributed by atoms with van der Waals surface area (Å²) in [6.07, 6.45) is -1.02. The summed E-state index contributed by atoms with van der Waals surface area (Å²) >= 11 is 0. The van der Waals surface area contributed by atoms with Crippen LogP contribution in [0.4, 0.5) is 8.78 Å². The third kappa shape index (κ3) is 2.23. The molecule has 66 valence electrons. The standard InChI is InChI=1S/C8H10F2N2/c1-11-5-7-4-6(8(9)10)2-3-12-7/h2-4,8,11H,5H2,1H3. The smallest absolute Gasteiger partial charge is 0.263 e. The molecule has 2 nitrogen and oxygen atoms in total. The quantitative estimate of drug-likeness (QED) is 0.751. The number of hydrogen-bond donors (Lipinski definition) is 1. The molecule has 0 atom stereocenters. The van der Waals surface area contributed by atoms with Crippen LogP contribution in [0.15, 0.2) is 18.3 Å². The number of pyridine rings is 1. The lowest BCUT2D eigenvalue weighted by Crippen LogP contribution is -2.07. The van der Waals surface area contributed by atoms with Crippen molar-refractivity contribution in [3.05, 3.63) is 29.6 Å². The fourth-order valence-corrected chi connectivity index (χ4v) is 0.910. The molecular formula is C8H10F2N2. The van der Waals surface area contributed by atoms with Crippen LogP contribution in [-0.2, 0) is 6.54 Å². The second-order valence-corrected chi connectivity index (χ2v) is 2.41. The minimum Gasteiger partial charge on any atom is -0.314 e. The lowest BCUT2D eigenvalue weighted by Gasteiger charge is -2.02.